The molecule has 9 nitrogen and oxygen atoms in total. The minimum atomic E-state index is -4.92. The summed E-state index contributed by atoms with van der Waals surface area (Å²) in [7, 11) is -9.45. The highest BCUT2D eigenvalue weighted by atomic mass is 33.2. The van der Waals surface area contributed by atoms with Gasteiger partial charge in [-0.2, -0.15) is 16.8 Å². The Morgan fingerprint density at radius 1 is 1.38 bits per heavy atom. The van der Waals surface area contributed by atoms with Crippen LogP contribution in [-0.2, 0) is 23.5 Å². The lowest BCUT2D eigenvalue weighted by Gasteiger charge is -1.99. The van der Waals surface area contributed by atoms with Crippen LogP contribution >= 0.6 is 11.1 Å². The molecule has 0 rings (SSSR count). The summed E-state index contributed by atoms with van der Waals surface area (Å²) in [6.07, 6.45) is -1.43. The minimum Gasteiger partial charge on any atom is -0.357 e. The van der Waals surface area contributed by atoms with Crippen LogP contribution < -0.4 is 9.86 Å². The van der Waals surface area contributed by atoms with Crippen LogP contribution in [0.2, 0.25) is 0 Å². The smallest absolute Gasteiger partial charge is 0.357 e. The number of nitrogens with two attached hydrogens (primary N) is 1. The van der Waals surface area contributed by atoms with E-state index < -0.39 is 36.5 Å². The fourth-order valence-corrected chi connectivity index (χ4v) is 3.01. The van der Waals surface area contributed by atoms with Crippen LogP contribution in [0, 0.1) is 0 Å². The normalized spacial score (nSPS) is 12.4. The average molecular weight is 252 g/mol. The molecule has 0 aromatic heterocycles. The average Bonchev–Trinajstić information content (AvgIpc) is 1.78. The Labute approximate surface area is 77.2 Å². The van der Waals surface area contributed by atoms with Gasteiger partial charge in [-0.05, 0) is 0 Å². The molecule has 0 aromatic rings. The van der Waals surface area contributed by atoms with Gasteiger partial charge in [0.1, 0.15) is 0 Å². The van der Waals surface area contributed by atoms with Gasteiger partial charge in [0, 0.05) is 0 Å². The van der Waals surface area contributed by atoms with Crippen LogP contribution in [0.15, 0.2) is 0 Å². The van der Waals surface area contributed by atoms with Crippen LogP contribution in [-0.4, -0.2) is 27.5 Å². The molecule has 4 N–H and O–H groups in total. The Morgan fingerprint density at radius 3 is 2.15 bits per heavy atom. The molecule has 13 heavy (non-hydrogen) atoms. The van der Waals surface area contributed by atoms with Crippen molar-refractivity contribution in [2.45, 2.75) is 0 Å². The van der Waals surface area contributed by atoms with E-state index in [0.29, 0.717) is 0 Å². The van der Waals surface area contributed by atoms with E-state index in [4.69, 9.17) is 4.55 Å². The van der Waals surface area contributed by atoms with Crippen molar-refractivity contribution >= 4 is 36.5 Å². The summed E-state index contributed by atoms with van der Waals surface area (Å²) in [5.41, 5.74) is 4.38. The molecule has 0 saturated carbocycles. The maximum Gasteiger partial charge on any atom is 0.417 e. The van der Waals surface area contributed by atoms with Gasteiger partial charge in [-0.25, -0.2) is 4.79 Å². The van der Waals surface area contributed by atoms with Gasteiger partial charge in [0.25, 0.3) is 0 Å². The molecule has 0 bridgehead atoms. The monoisotopic (exact) mass is 252 g/mol. The predicted octanol–water partition coefficient (Wildman–Crippen LogP) is -1.63. The highest BCUT2D eigenvalue weighted by Crippen LogP contribution is 2.11. The van der Waals surface area contributed by atoms with Crippen LogP contribution in [0.4, 0.5) is 4.79 Å². The predicted molar refractivity (Wildman–Crippen MR) is 41.9 cm³/mol. The first-order chi connectivity index (χ1) is 5.62. The molecule has 0 spiro atoms. The number of amides is 1. The zero-order valence-corrected chi connectivity index (χ0v) is 8.15. The third kappa shape index (κ3) is 7.79. The lowest BCUT2D eigenvalue weighted by molar-refractivity contribution is 0.219. The zero-order valence-electron chi connectivity index (χ0n) is 5.70. The largest absolute Gasteiger partial charge is 0.417 e. The van der Waals surface area contributed by atoms with E-state index in [9.17, 15) is 21.6 Å². The molecule has 0 aliphatic rings. The van der Waals surface area contributed by atoms with Crippen molar-refractivity contribution in [1.82, 2.24) is 4.13 Å². The number of nitrogens with one attached hydrogen (secondary N) is 1. The van der Waals surface area contributed by atoms with E-state index in [-0.39, 0.29) is 0 Å². The third-order valence-corrected chi connectivity index (χ3v) is 3.84. The van der Waals surface area contributed by atoms with Gasteiger partial charge in [-0.15, -0.1) is 0 Å². The molecule has 0 unspecified atom stereocenters. The van der Waals surface area contributed by atoms with E-state index in [1.165, 1.54) is 0 Å². The zero-order chi connectivity index (χ0) is 10.7. The van der Waals surface area contributed by atoms with Crippen molar-refractivity contribution in [2.24, 2.45) is 5.73 Å². The van der Waals surface area contributed by atoms with E-state index in [0.717, 1.165) is 4.13 Å². The summed E-state index contributed by atoms with van der Waals surface area (Å²) in [6, 6.07) is 0. The lowest BCUT2D eigenvalue weighted by Crippen LogP contribution is -2.28. The molecule has 78 valence electrons. The van der Waals surface area contributed by atoms with Crippen molar-refractivity contribution < 1.29 is 30.4 Å². The summed E-state index contributed by atoms with van der Waals surface area (Å²) >= 11 is -0.539. The fraction of sp³-hybridized carbons (Fsp3) is 0. The van der Waals surface area contributed by atoms with Crippen LogP contribution in [0.25, 0.3) is 0 Å². The van der Waals surface area contributed by atoms with E-state index >= 15 is 0 Å². The molecule has 0 aliphatic carbocycles. The maximum atomic E-state index is 10.5. The molecular weight excluding hydrogens is 248 g/mol. The molecule has 0 radical (unpaired) electrons. The number of hydrogen-bond acceptors (Lipinski definition) is 7. The summed E-state index contributed by atoms with van der Waals surface area (Å²) in [5, 5.41) is 0. The van der Waals surface area contributed by atoms with E-state index in [1.54, 1.807) is 0 Å². The molecule has 0 saturated heterocycles. The number of rotatable bonds is 4. The van der Waals surface area contributed by atoms with Gasteiger partial charge in [0.15, 0.2) is 0 Å². The van der Waals surface area contributed by atoms with Crippen molar-refractivity contribution in [3.63, 3.8) is 0 Å². The van der Waals surface area contributed by atoms with Crippen molar-refractivity contribution in [1.29, 1.82) is 0 Å². The highest BCUT2D eigenvalue weighted by Gasteiger charge is 2.21. The first-order valence-corrected chi connectivity index (χ1v) is 6.47. The summed E-state index contributed by atoms with van der Waals surface area (Å²) in [4.78, 5) is 9.89. The second kappa shape index (κ2) is 4.10. The number of hydrogen-bond donors (Lipinski definition) is 3. The van der Waals surface area contributed by atoms with Crippen LogP contribution in [0.1, 0.15) is 0 Å². The lowest BCUT2D eigenvalue weighted by atomic mass is 11.3. The van der Waals surface area contributed by atoms with Gasteiger partial charge >= 0.3 is 25.5 Å². The third-order valence-electron chi connectivity index (χ3n) is 0.413. The molecule has 12 heteroatoms. The topological polar surface area (TPSA) is 153 Å². The maximum absolute atomic E-state index is 10.5. The quantitative estimate of drug-likeness (QED) is 0.306. The van der Waals surface area contributed by atoms with Crippen molar-refractivity contribution in [2.75, 3.05) is 0 Å². The second-order valence-electron chi connectivity index (χ2n) is 1.48. The molecule has 1 amide bonds. The van der Waals surface area contributed by atoms with Crippen molar-refractivity contribution in [3.8, 4) is 0 Å². The van der Waals surface area contributed by atoms with E-state index in [2.05, 4.69) is 9.92 Å². The first-order valence-electron chi connectivity index (χ1n) is 2.29. The molecular formula is CH4N2O7S3. The number of primary amides is 1. The highest BCUT2D eigenvalue weighted by molar-refractivity contribution is 8.70. The van der Waals surface area contributed by atoms with E-state index in [1.807, 2.05) is 0 Å². The number of carbonyl (C=O) groups excluding carboxylic acids is 1. The van der Waals surface area contributed by atoms with Crippen molar-refractivity contribution in [3.05, 3.63) is 0 Å². The molecule has 0 heterocycles. The van der Waals surface area contributed by atoms with Crippen LogP contribution in [0.3, 0.4) is 0 Å². The molecule has 0 aliphatic heterocycles. The Bertz CT molecular complexity index is 378. The molecule has 0 aromatic carbocycles. The minimum absolute atomic E-state index is 0.539. The van der Waals surface area contributed by atoms with Gasteiger partial charge < -0.3 is 9.92 Å². The standard InChI is InChI=1S/CH4N2O7S3/c2-1(4)10-11-13(8,9)3-12(5,6)7/h3H,(H2,2,4)(H,5,6,7). The first kappa shape index (κ1) is 12.4. The Hall–Kier alpha value is -0.560. The SMILES string of the molecule is NC(=O)OSS(=O)(=O)NS(=O)(=O)O. The second-order valence-corrected chi connectivity index (χ2v) is 6.04. The molecule has 0 fully saturated rings. The summed E-state index contributed by atoms with van der Waals surface area (Å²) in [6.45, 7) is 0. The number of carbonyl (C=O) groups is 1. The summed E-state index contributed by atoms with van der Waals surface area (Å²) < 4.78 is 53.5. The van der Waals surface area contributed by atoms with Gasteiger partial charge in [-0.3, -0.25) is 4.55 Å². The van der Waals surface area contributed by atoms with Crippen LogP contribution in [0.5, 0.6) is 0 Å². The fourth-order valence-electron chi connectivity index (χ4n) is 0.221. The van der Waals surface area contributed by atoms with Gasteiger partial charge in [0.05, 0.1) is 0 Å². The Balaban J connectivity index is 4.36. The van der Waals surface area contributed by atoms with Gasteiger partial charge in [0.2, 0.25) is 11.1 Å². The molecule has 0 atom stereocenters. The van der Waals surface area contributed by atoms with Gasteiger partial charge in [-0.1, -0.05) is 4.13 Å². The Morgan fingerprint density at radius 2 is 1.85 bits per heavy atom. The Kier molecular flexibility index (Phi) is 3.92. The summed E-state index contributed by atoms with van der Waals surface area (Å²) in [5.74, 6) is 0.